The van der Waals surface area contributed by atoms with E-state index in [2.05, 4.69) is 22.4 Å². The molecule has 1 fully saturated rings. The number of halogens is 1. The zero-order chi connectivity index (χ0) is 15.6. The highest BCUT2D eigenvalue weighted by Crippen LogP contribution is 2.43. The first kappa shape index (κ1) is 15.5. The number of nitrogens with zero attached hydrogens (tertiary/aromatic N) is 1. The fourth-order valence-electron chi connectivity index (χ4n) is 2.82. The average molecular weight is 336 g/mol. The van der Waals surface area contributed by atoms with Gasteiger partial charge in [-0.25, -0.2) is 4.98 Å². The lowest BCUT2D eigenvalue weighted by molar-refractivity contribution is 0.0923. The smallest absolute Gasteiger partial charge is 0.270 e. The number of hydrogen-bond donors (Lipinski definition) is 2. The van der Waals surface area contributed by atoms with Crippen LogP contribution in [0.15, 0.2) is 29.6 Å². The van der Waals surface area contributed by atoms with Gasteiger partial charge in [0.1, 0.15) is 10.7 Å². The minimum atomic E-state index is -0.129. The van der Waals surface area contributed by atoms with Crippen LogP contribution in [0.1, 0.15) is 40.3 Å². The lowest BCUT2D eigenvalue weighted by Gasteiger charge is -2.42. The van der Waals surface area contributed by atoms with E-state index in [1.165, 1.54) is 23.3 Å². The molecule has 0 radical (unpaired) electrons. The molecule has 3 rings (SSSR count). The highest BCUT2D eigenvalue weighted by molar-refractivity contribution is 7.09. The topological polar surface area (TPSA) is 68.0 Å². The van der Waals surface area contributed by atoms with Gasteiger partial charge in [0.25, 0.3) is 5.91 Å². The molecule has 116 valence electrons. The van der Waals surface area contributed by atoms with E-state index < -0.39 is 0 Å². The molecule has 3 N–H and O–H groups in total. The Labute approximate surface area is 138 Å². The van der Waals surface area contributed by atoms with E-state index in [1.807, 2.05) is 12.1 Å². The number of carbonyl (C=O) groups is 1. The quantitative estimate of drug-likeness (QED) is 0.882. The van der Waals surface area contributed by atoms with Gasteiger partial charge in [0.2, 0.25) is 0 Å². The predicted molar refractivity (Wildman–Crippen MR) is 89.3 cm³/mol. The van der Waals surface area contributed by atoms with Crippen LogP contribution in [0, 0.1) is 0 Å². The molecule has 2 aromatic rings. The summed E-state index contributed by atoms with van der Waals surface area (Å²) in [5, 5.41) is 6.30. The molecule has 1 aromatic heterocycles. The van der Waals surface area contributed by atoms with Crippen molar-refractivity contribution in [3.8, 4) is 0 Å². The van der Waals surface area contributed by atoms with Gasteiger partial charge in [-0.15, -0.1) is 11.3 Å². The van der Waals surface area contributed by atoms with E-state index in [0.29, 0.717) is 18.8 Å². The number of hydrogen-bond acceptors (Lipinski definition) is 4. The van der Waals surface area contributed by atoms with Crippen molar-refractivity contribution in [3.05, 3.63) is 50.9 Å². The van der Waals surface area contributed by atoms with Crippen molar-refractivity contribution in [1.82, 2.24) is 10.3 Å². The van der Waals surface area contributed by atoms with Crippen molar-refractivity contribution >= 4 is 28.8 Å². The Morgan fingerprint density at radius 1 is 1.36 bits per heavy atom. The van der Waals surface area contributed by atoms with Crippen molar-refractivity contribution in [2.45, 2.75) is 31.2 Å². The fourth-order valence-corrected chi connectivity index (χ4v) is 3.60. The van der Waals surface area contributed by atoms with E-state index in [9.17, 15) is 4.79 Å². The molecule has 0 atom stereocenters. The normalized spacial score (nSPS) is 16.1. The van der Waals surface area contributed by atoms with Gasteiger partial charge in [0, 0.05) is 28.9 Å². The summed E-state index contributed by atoms with van der Waals surface area (Å²) in [7, 11) is 0. The molecule has 0 aliphatic heterocycles. The number of rotatable bonds is 5. The van der Waals surface area contributed by atoms with Crippen LogP contribution in [0.25, 0.3) is 0 Å². The zero-order valence-corrected chi connectivity index (χ0v) is 13.7. The lowest BCUT2D eigenvalue weighted by atomic mass is 9.64. The molecule has 0 bridgehead atoms. The Hall–Kier alpha value is -1.43. The molecule has 4 nitrogen and oxygen atoms in total. The van der Waals surface area contributed by atoms with Gasteiger partial charge < -0.3 is 11.1 Å². The summed E-state index contributed by atoms with van der Waals surface area (Å²) in [5.41, 5.74) is 7.26. The Morgan fingerprint density at radius 2 is 2.09 bits per heavy atom. The lowest BCUT2D eigenvalue weighted by Crippen LogP contribution is -2.45. The van der Waals surface area contributed by atoms with Crippen LogP contribution in [0.5, 0.6) is 0 Å². The number of aromatic nitrogens is 1. The molecule has 1 heterocycles. The van der Waals surface area contributed by atoms with Gasteiger partial charge >= 0.3 is 0 Å². The number of amides is 1. The number of nitrogens with two attached hydrogens (primary N) is 1. The molecule has 1 amide bonds. The summed E-state index contributed by atoms with van der Waals surface area (Å²) in [5.74, 6) is -0.129. The van der Waals surface area contributed by atoms with E-state index in [4.69, 9.17) is 17.3 Å². The summed E-state index contributed by atoms with van der Waals surface area (Å²) in [6.45, 7) is 0.996. The van der Waals surface area contributed by atoms with Crippen LogP contribution in [-0.2, 0) is 12.0 Å². The Bertz CT molecular complexity index is 664. The van der Waals surface area contributed by atoms with E-state index in [1.54, 1.807) is 5.38 Å². The summed E-state index contributed by atoms with van der Waals surface area (Å²) in [6.07, 6.45) is 3.35. The van der Waals surface area contributed by atoms with E-state index in [-0.39, 0.29) is 11.3 Å². The predicted octanol–water partition coefficient (Wildman–Crippen LogP) is 3.11. The maximum Gasteiger partial charge on any atom is 0.270 e. The molecule has 0 spiro atoms. The fraction of sp³-hybridized carbons (Fsp3) is 0.375. The number of carbonyl (C=O) groups excluding carboxylic acids is 1. The molecular formula is C16H18ClN3OS. The zero-order valence-electron chi connectivity index (χ0n) is 12.1. The monoisotopic (exact) mass is 335 g/mol. The third-order valence-corrected chi connectivity index (χ3v) is 5.44. The minimum Gasteiger partial charge on any atom is -0.350 e. The maximum atomic E-state index is 12.2. The van der Waals surface area contributed by atoms with Crippen LogP contribution < -0.4 is 11.1 Å². The van der Waals surface area contributed by atoms with Gasteiger partial charge in [0.15, 0.2) is 0 Å². The van der Waals surface area contributed by atoms with Crippen molar-refractivity contribution in [2.75, 3.05) is 6.54 Å². The van der Waals surface area contributed by atoms with E-state index in [0.717, 1.165) is 22.9 Å². The van der Waals surface area contributed by atoms with Crippen LogP contribution in [-0.4, -0.2) is 17.4 Å². The maximum absolute atomic E-state index is 12.2. The molecule has 1 aliphatic carbocycles. The van der Waals surface area contributed by atoms with Crippen LogP contribution in [0.2, 0.25) is 5.02 Å². The van der Waals surface area contributed by atoms with Crippen molar-refractivity contribution in [1.29, 1.82) is 0 Å². The molecule has 6 heteroatoms. The molecule has 1 aromatic carbocycles. The standard InChI is InChI=1S/C16H18ClN3OS/c17-12-4-2-11(3-5-12)16(6-1-7-16)10-19-15(21)13-9-22-14(8-18)20-13/h2-5,9H,1,6-8,10,18H2,(H,19,21). The molecule has 0 saturated heterocycles. The van der Waals surface area contributed by atoms with Gasteiger partial charge in [-0.3, -0.25) is 4.79 Å². The Morgan fingerprint density at radius 3 is 2.64 bits per heavy atom. The number of thiazole rings is 1. The van der Waals surface area contributed by atoms with Crippen LogP contribution in [0.3, 0.4) is 0 Å². The van der Waals surface area contributed by atoms with Crippen LogP contribution in [0.4, 0.5) is 0 Å². The largest absolute Gasteiger partial charge is 0.350 e. The van der Waals surface area contributed by atoms with Gasteiger partial charge in [-0.2, -0.15) is 0 Å². The third kappa shape index (κ3) is 3.02. The molecule has 0 unspecified atom stereocenters. The molecule has 22 heavy (non-hydrogen) atoms. The van der Waals surface area contributed by atoms with Crippen molar-refractivity contribution < 1.29 is 4.79 Å². The van der Waals surface area contributed by atoms with E-state index >= 15 is 0 Å². The second-order valence-electron chi connectivity index (χ2n) is 5.65. The highest BCUT2D eigenvalue weighted by atomic mass is 35.5. The van der Waals surface area contributed by atoms with Gasteiger partial charge in [-0.1, -0.05) is 30.2 Å². The minimum absolute atomic E-state index is 0.0347. The van der Waals surface area contributed by atoms with Gasteiger partial charge in [0.05, 0.1) is 0 Å². The summed E-state index contributed by atoms with van der Waals surface area (Å²) >= 11 is 7.38. The van der Waals surface area contributed by atoms with Crippen molar-refractivity contribution in [2.24, 2.45) is 5.73 Å². The molecule has 1 saturated carbocycles. The first-order chi connectivity index (χ1) is 10.6. The first-order valence-corrected chi connectivity index (χ1v) is 8.57. The number of benzene rings is 1. The summed E-state index contributed by atoms with van der Waals surface area (Å²) in [6, 6.07) is 7.94. The summed E-state index contributed by atoms with van der Waals surface area (Å²) < 4.78 is 0. The Balaban J connectivity index is 1.68. The van der Waals surface area contributed by atoms with Crippen molar-refractivity contribution in [3.63, 3.8) is 0 Å². The molecular weight excluding hydrogens is 318 g/mol. The second-order valence-corrected chi connectivity index (χ2v) is 7.03. The highest BCUT2D eigenvalue weighted by Gasteiger charge is 2.38. The third-order valence-electron chi connectivity index (χ3n) is 4.31. The summed E-state index contributed by atoms with van der Waals surface area (Å²) in [4.78, 5) is 16.4. The SMILES string of the molecule is NCc1nc(C(=O)NCC2(c3ccc(Cl)cc3)CCC2)cs1. The molecule has 1 aliphatic rings. The second kappa shape index (κ2) is 6.36. The van der Waals surface area contributed by atoms with Crippen LogP contribution >= 0.6 is 22.9 Å². The Kier molecular flexibility index (Phi) is 4.47. The average Bonchev–Trinajstić information content (AvgIpc) is 2.96. The number of nitrogens with one attached hydrogen (secondary N) is 1. The first-order valence-electron chi connectivity index (χ1n) is 7.32. The van der Waals surface area contributed by atoms with Gasteiger partial charge in [-0.05, 0) is 30.5 Å².